The molecule has 0 aliphatic rings. The Hall–Kier alpha value is -2.69. The van der Waals surface area contributed by atoms with Gasteiger partial charge in [-0.05, 0) is 24.3 Å². The summed E-state index contributed by atoms with van der Waals surface area (Å²) in [6.45, 7) is 0. The predicted molar refractivity (Wildman–Crippen MR) is 76.9 cm³/mol. The molecule has 0 aliphatic carbocycles. The van der Waals surface area contributed by atoms with Crippen LogP contribution in [0.3, 0.4) is 0 Å². The van der Waals surface area contributed by atoms with Crippen LogP contribution < -0.4 is 4.74 Å². The van der Waals surface area contributed by atoms with Crippen molar-refractivity contribution < 1.29 is 9.53 Å². The molecule has 20 heavy (non-hydrogen) atoms. The van der Waals surface area contributed by atoms with Crippen LogP contribution in [0.4, 0.5) is 0 Å². The summed E-state index contributed by atoms with van der Waals surface area (Å²) in [5, 5.41) is 5.81. The molecule has 102 valence electrons. The van der Waals surface area contributed by atoms with Gasteiger partial charge in [-0.3, -0.25) is 4.98 Å². The summed E-state index contributed by atoms with van der Waals surface area (Å²) < 4.78 is 5.38. The molecular weight excluding hydrogens is 254 g/mol. The third-order valence-corrected chi connectivity index (χ3v) is 2.45. The molecule has 1 aromatic carbocycles. The Morgan fingerprint density at radius 1 is 1.25 bits per heavy atom. The number of pyridine rings is 1. The van der Waals surface area contributed by atoms with Crippen LogP contribution in [-0.2, 0) is 0 Å². The van der Waals surface area contributed by atoms with Gasteiger partial charge in [0.05, 0.1) is 11.8 Å². The first kappa shape index (κ1) is 13.7. The maximum Gasteiger partial charge on any atom is 0.345 e. The summed E-state index contributed by atoms with van der Waals surface area (Å²) in [6.07, 6.45) is 4.72. The standard InChI is InChI=1S/C15H15N3O2/c1-18(2)17-11-12-6-3-4-8-14(12)20-15(19)13-7-5-9-16-10-13/h3-11H,1-2H3/b17-11+. The van der Waals surface area contributed by atoms with Crippen molar-refractivity contribution in [3.8, 4) is 5.75 Å². The third-order valence-electron chi connectivity index (χ3n) is 2.45. The fourth-order valence-corrected chi connectivity index (χ4v) is 1.50. The number of rotatable bonds is 4. The van der Waals surface area contributed by atoms with Gasteiger partial charge in [0.15, 0.2) is 0 Å². The zero-order valence-corrected chi connectivity index (χ0v) is 11.4. The second kappa shape index (κ2) is 6.47. The molecule has 1 heterocycles. The van der Waals surface area contributed by atoms with E-state index in [9.17, 15) is 4.79 Å². The maximum absolute atomic E-state index is 12.0. The van der Waals surface area contributed by atoms with Crippen molar-refractivity contribution in [3.05, 3.63) is 59.9 Å². The van der Waals surface area contributed by atoms with Crippen LogP contribution in [0, 0.1) is 0 Å². The van der Waals surface area contributed by atoms with Gasteiger partial charge in [-0.2, -0.15) is 5.10 Å². The van der Waals surface area contributed by atoms with E-state index in [-0.39, 0.29) is 0 Å². The molecule has 0 N–H and O–H groups in total. The Bertz CT molecular complexity index is 610. The van der Waals surface area contributed by atoms with Gasteiger partial charge in [0.1, 0.15) is 5.75 Å². The molecule has 0 amide bonds. The Balaban J connectivity index is 2.19. The molecule has 5 heteroatoms. The fraction of sp³-hybridized carbons (Fsp3) is 0.133. The maximum atomic E-state index is 12.0. The summed E-state index contributed by atoms with van der Waals surface area (Å²) in [5.41, 5.74) is 1.14. The van der Waals surface area contributed by atoms with E-state index in [2.05, 4.69) is 10.1 Å². The third kappa shape index (κ3) is 3.65. The number of ether oxygens (including phenoxy) is 1. The van der Waals surface area contributed by atoms with E-state index in [4.69, 9.17) is 4.74 Å². The van der Waals surface area contributed by atoms with Crippen LogP contribution in [0.25, 0.3) is 0 Å². The van der Waals surface area contributed by atoms with Crippen molar-refractivity contribution in [1.82, 2.24) is 9.99 Å². The minimum Gasteiger partial charge on any atom is -0.422 e. The van der Waals surface area contributed by atoms with Gasteiger partial charge in [0, 0.05) is 32.1 Å². The van der Waals surface area contributed by atoms with Gasteiger partial charge in [-0.1, -0.05) is 12.1 Å². The molecule has 5 nitrogen and oxygen atoms in total. The number of nitrogens with zero attached hydrogens (tertiary/aromatic N) is 3. The molecule has 2 aromatic rings. The highest BCUT2D eigenvalue weighted by Gasteiger charge is 2.10. The summed E-state index contributed by atoms with van der Waals surface area (Å²) in [5.74, 6) is 0.0238. The average molecular weight is 269 g/mol. The molecule has 0 aliphatic heterocycles. The van der Waals surface area contributed by atoms with Gasteiger partial charge >= 0.3 is 5.97 Å². The number of carbonyl (C=O) groups is 1. The van der Waals surface area contributed by atoms with E-state index < -0.39 is 5.97 Å². The molecule has 0 fully saturated rings. The molecule has 0 spiro atoms. The molecule has 0 saturated carbocycles. The molecular formula is C15H15N3O2. The minimum absolute atomic E-state index is 0.409. The largest absolute Gasteiger partial charge is 0.422 e. The highest BCUT2D eigenvalue weighted by molar-refractivity contribution is 5.92. The fourth-order valence-electron chi connectivity index (χ4n) is 1.50. The van der Waals surface area contributed by atoms with E-state index in [0.717, 1.165) is 5.56 Å². The van der Waals surface area contributed by atoms with Crippen LogP contribution in [0.2, 0.25) is 0 Å². The van der Waals surface area contributed by atoms with Gasteiger partial charge in [0.2, 0.25) is 0 Å². The normalized spacial score (nSPS) is 10.5. The highest BCUT2D eigenvalue weighted by atomic mass is 16.5. The van der Waals surface area contributed by atoms with Crippen molar-refractivity contribution >= 4 is 12.2 Å². The molecule has 0 atom stereocenters. The van der Waals surface area contributed by atoms with Crippen molar-refractivity contribution in [2.24, 2.45) is 5.10 Å². The SMILES string of the molecule is CN(C)/N=C/c1ccccc1OC(=O)c1cccnc1. The molecule has 0 radical (unpaired) electrons. The number of para-hydroxylation sites is 1. The summed E-state index contributed by atoms with van der Waals surface area (Å²) in [7, 11) is 3.64. The highest BCUT2D eigenvalue weighted by Crippen LogP contribution is 2.17. The predicted octanol–water partition coefficient (Wildman–Crippen LogP) is 2.20. The second-order valence-electron chi connectivity index (χ2n) is 4.26. The van der Waals surface area contributed by atoms with Crippen LogP contribution in [0.5, 0.6) is 5.75 Å². The van der Waals surface area contributed by atoms with Gasteiger partial charge in [-0.15, -0.1) is 0 Å². The van der Waals surface area contributed by atoms with Crippen LogP contribution >= 0.6 is 0 Å². The molecule has 0 unspecified atom stereocenters. The van der Waals surface area contributed by atoms with Gasteiger partial charge in [-0.25, -0.2) is 4.79 Å². The average Bonchev–Trinajstić information content (AvgIpc) is 2.47. The lowest BCUT2D eigenvalue weighted by molar-refractivity contribution is 0.0734. The van der Waals surface area contributed by atoms with Crippen LogP contribution in [0.15, 0.2) is 53.9 Å². The summed E-state index contributed by atoms with van der Waals surface area (Å²) in [6, 6.07) is 10.6. The quantitative estimate of drug-likeness (QED) is 0.369. The minimum atomic E-state index is -0.441. The number of hydrogen-bond donors (Lipinski definition) is 0. The van der Waals surface area contributed by atoms with Crippen molar-refractivity contribution in [3.63, 3.8) is 0 Å². The van der Waals surface area contributed by atoms with E-state index in [1.165, 1.54) is 6.20 Å². The summed E-state index contributed by atoms with van der Waals surface area (Å²) >= 11 is 0. The van der Waals surface area contributed by atoms with E-state index in [0.29, 0.717) is 11.3 Å². The smallest absolute Gasteiger partial charge is 0.345 e. The molecule has 1 aromatic heterocycles. The van der Waals surface area contributed by atoms with E-state index >= 15 is 0 Å². The van der Waals surface area contributed by atoms with Gasteiger partial charge < -0.3 is 9.75 Å². The van der Waals surface area contributed by atoms with E-state index in [1.54, 1.807) is 41.7 Å². The first-order valence-corrected chi connectivity index (χ1v) is 6.09. The summed E-state index contributed by atoms with van der Waals surface area (Å²) in [4.78, 5) is 15.9. The first-order valence-electron chi connectivity index (χ1n) is 6.09. The van der Waals surface area contributed by atoms with Gasteiger partial charge in [0.25, 0.3) is 0 Å². The number of hydrazone groups is 1. The Morgan fingerprint density at radius 3 is 2.75 bits per heavy atom. The Kier molecular flexibility index (Phi) is 4.44. The number of esters is 1. The number of benzene rings is 1. The Labute approximate surface area is 117 Å². The van der Waals surface area contributed by atoms with Crippen molar-refractivity contribution in [1.29, 1.82) is 0 Å². The topological polar surface area (TPSA) is 54.8 Å². The number of aromatic nitrogens is 1. The van der Waals surface area contributed by atoms with Crippen LogP contribution in [0.1, 0.15) is 15.9 Å². The molecule has 2 rings (SSSR count). The monoisotopic (exact) mass is 269 g/mol. The van der Waals surface area contributed by atoms with Crippen molar-refractivity contribution in [2.45, 2.75) is 0 Å². The lowest BCUT2D eigenvalue weighted by atomic mass is 10.2. The Morgan fingerprint density at radius 2 is 2.05 bits per heavy atom. The van der Waals surface area contributed by atoms with E-state index in [1.807, 2.05) is 26.2 Å². The zero-order chi connectivity index (χ0) is 14.4. The molecule has 0 saturated heterocycles. The van der Waals surface area contributed by atoms with Crippen LogP contribution in [-0.4, -0.2) is 36.3 Å². The number of hydrogen-bond acceptors (Lipinski definition) is 5. The van der Waals surface area contributed by atoms with Crippen molar-refractivity contribution in [2.75, 3.05) is 14.1 Å². The number of carbonyl (C=O) groups excluding carboxylic acids is 1. The lowest BCUT2D eigenvalue weighted by Gasteiger charge is -2.08. The zero-order valence-electron chi connectivity index (χ0n) is 11.4. The second-order valence-corrected chi connectivity index (χ2v) is 4.26. The lowest BCUT2D eigenvalue weighted by Crippen LogP contribution is -2.10. The molecule has 0 bridgehead atoms. The first-order chi connectivity index (χ1) is 9.66.